The highest BCUT2D eigenvalue weighted by Gasteiger charge is 2.31. The van der Waals surface area contributed by atoms with Gasteiger partial charge in [0.05, 0.1) is 26.2 Å². The fourth-order valence-corrected chi connectivity index (χ4v) is 3.49. The SMILES string of the molecule is COc1cccc(OC)c1-c1ccc(CC(Nc2nc(N(C)C)ncc2CC(F)(F)F)C(=O)O)nc1. The number of pyridine rings is 1. The highest BCUT2D eigenvalue weighted by atomic mass is 19.4. The lowest BCUT2D eigenvalue weighted by molar-refractivity contribution is -0.137. The molecule has 3 rings (SSSR count). The van der Waals surface area contributed by atoms with Crippen molar-refractivity contribution in [2.45, 2.75) is 25.1 Å². The summed E-state index contributed by atoms with van der Waals surface area (Å²) in [5, 5.41) is 12.4. The quantitative estimate of drug-likeness (QED) is 0.425. The zero-order chi connectivity index (χ0) is 26.5. The number of carboxylic acid groups (broad SMARTS) is 1. The molecule has 1 unspecified atom stereocenters. The molecule has 0 aliphatic rings. The van der Waals surface area contributed by atoms with Gasteiger partial charge in [-0.2, -0.15) is 18.2 Å². The molecule has 9 nitrogen and oxygen atoms in total. The number of hydrogen-bond donors (Lipinski definition) is 2. The van der Waals surface area contributed by atoms with Crippen molar-refractivity contribution in [1.29, 1.82) is 0 Å². The van der Waals surface area contributed by atoms with Crippen LogP contribution in [0.3, 0.4) is 0 Å². The lowest BCUT2D eigenvalue weighted by Gasteiger charge is -2.20. The summed E-state index contributed by atoms with van der Waals surface area (Å²) in [5.41, 5.74) is 1.52. The third-order valence-electron chi connectivity index (χ3n) is 5.21. The minimum atomic E-state index is -4.52. The van der Waals surface area contributed by atoms with Crippen LogP contribution in [0.1, 0.15) is 11.3 Å². The van der Waals surface area contributed by atoms with E-state index in [2.05, 4.69) is 20.3 Å². The molecule has 0 amide bonds. The van der Waals surface area contributed by atoms with E-state index in [4.69, 9.17) is 9.47 Å². The summed E-state index contributed by atoms with van der Waals surface area (Å²) in [6.45, 7) is 0. The molecule has 0 spiro atoms. The number of benzene rings is 1. The number of aliphatic carboxylic acids is 1. The van der Waals surface area contributed by atoms with Crippen molar-refractivity contribution in [2.75, 3.05) is 38.5 Å². The first kappa shape index (κ1) is 26.5. The van der Waals surface area contributed by atoms with Gasteiger partial charge in [0.2, 0.25) is 5.95 Å². The number of nitrogens with zero attached hydrogens (tertiary/aromatic N) is 4. The number of alkyl halides is 3. The molecule has 1 aromatic carbocycles. The second kappa shape index (κ2) is 11.1. The number of carboxylic acids is 1. The summed E-state index contributed by atoms with van der Waals surface area (Å²) in [6.07, 6.45) is -3.33. The predicted molar refractivity (Wildman–Crippen MR) is 128 cm³/mol. The average molecular weight is 505 g/mol. The Bertz CT molecular complexity index is 1180. The van der Waals surface area contributed by atoms with E-state index in [9.17, 15) is 23.1 Å². The van der Waals surface area contributed by atoms with Crippen LogP contribution in [0, 0.1) is 0 Å². The second-order valence-corrected chi connectivity index (χ2v) is 8.05. The van der Waals surface area contributed by atoms with Crippen molar-refractivity contribution in [3.8, 4) is 22.6 Å². The number of nitrogens with one attached hydrogen (secondary N) is 1. The van der Waals surface area contributed by atoms with Crippen LogP contribution < -0.4 is 19.7 Å². The van der Waals surface area contributed by atoms with Gasteiger partial charge >= 0.3 is 12.1 Å². The van der Waals surface area contributed by atoms with Crippen LogP contribution >= 0.6 is 0 Å². The molecule has 0 fully saturated rings. The topological polar surface area (TPSA) is 110 Å². The summed E-state index contributed by atoms with van der Waals surface area (Å²) in [7, 11) is 6.31. The molecule has 36 heavy (non-hydrogen) atoms. The van der Waals surface area contributed by atoms with Gasteiger partial charge in [-0.3, -0.25) is 4.98 Å². The minimum Gasteiger partial charge on any atom is -0.496 e. The highest BCUT2D eigenvalue weighted by Crippen LogP contribution is 2.37. The monoisotopic (exact) mass is 505 g/mol. The van der Waals surface area contributed by atoms with Gasteiger partial charge in [0.1, 0.15) is 23.4 Å². The fraction of sp³-hybridized carbons (Fsp3) is 0.333. The number of methoxy groups -OCH3 is 2. The maximum absolute atomic E-state index is 13.1. The van der Waals surface area contributed by atoms with Gasteiger partial charge in [0.25, 0.3) is 0 Å². The Morgan fingerprint density at radius 1 is 1.08 bits per heavy atom. The predicted octanol–water partition coefficient (Wildman–Crippen LogP) is 3.83. The molecular formula is C24H26F3N5O4. The molecule has 0 bridgehead atoms. The van der Waals surface area contributed by atoms with Crippen molar-refractivity contribution < 1.29 is 32.5 Å². The molecule has 0 saturated carbocycles. The third kappa shape index (κ3) is 6.52. The van der Waals surface area contributed by atoms with E-state index in [1.54, 1.807) is 50.6 Å². The summed E-state index contributed by atoms with van der Waals surface area (Å²) in [5.74, 6) is -0.178. The van der Waals surface area contributed by atoms with Crippen LogP contribution in [-0.4, -0.2) is 66.6 Å². The zero-order valence-corrected chi connectivity index (χ0v) is 20.1. The van der Waals surface area contributed by atoms with Gasteiger partial charge in [0, 0.05) is 49.7 Å². The molecule has 0 radical (unpaired) electrons. The van der Waals surface area contributed by atoms with Crippen LogP contribution in [-0.2, 0) is 17.6 Å². The van der Waals surface area contributed by atoms with Gasteiger partial charge in [-0.1, -0.05) is 12.1 Å². The number of aromatic nitrogens is 3. The summed E-state index contributed by atoms with van der Waals surface area (Å²) in [6, 6.07) is 7.43. The Morgan fingerprint density at radius 2 is 1.75 bits per heavy atom. The van der Waals surface area contributed by atoms with E-state index in [1.807, 2.05) is 0 Å². The van der Waals surface area contributed by atoms with E-state index in [0.717, 1.165) is 6.20 Å². The minimum absolute atomic E-state index is 0.106. The third-order valence-corrected chi connectivity index (χ3v) is 5.21. The summed E-state index contributed by atoms with van der Waals surface area (Å²) < 4.78 is 50.0. The van der Waals surface area contributed by atoms with Crippen LogP contribution in [0.2, 0.25) is 0 Å². The molecule has 3 aromatic rings. The molecule has 0 aliphatic heterocycles. The zero-order valence-electron chi connectivity index (χ0n) is 20.1. The number of ether oxygens (including phenoxy) is 2. The van der Waals surface area contributed by atoms with Crippen LogP contribution in [0.5, 0.6) is 11.5 Å². The van der Waals surface area contributed by atoms with E-state index < -0.39 is 24.6 Å². The molecule has 0 saturated heterocycles. The molecule has 1 atom stereocenters. The van der Waals surface area contributed by atoms with Crippen molar-refractivity contribution in [3.05, 3.63) is 54.0 Å². The Labute approximate surface area is 205 Å². The molecular weight excluding hydrogens is 479 g/mol. The van der Waals surface area contributed by atoms with Gasteiger partial charge in [-0.25, -0.2) is 9.78 Å². The lowest BCUT2D eigenvalue weighted by Crippen LogP contribution is -2.33. The fourth-order valence-electron chi connectivity index (χ4n) is 3.49. The molecule has 2 N–H and O–H groups in total. The van der Waals surface area contributed by atoms with Crippen molar-refractivity contribution >= 4 is 17.7 Å². The van der Waals surface area contributed by atoms with Gasteiger partial charge < -0.3 is 24.8 Å². The van der Waals surface area contributed by atoms with Gasteiger partial charge in [-0.05, 0) is 18.2 Å². The first-order valence-electron chi connectivity index (χ1n) is 10.8. The molecule has 0 aliphatic carbocycles. The number of carbonyl (C=O) groups is 1. The van der Waals surface area contributed by atoms with Crippen LogP contribution in [0.25, 0.3) is 11.1 Å². The summed E-state index contributed by atoms with van der Waals surface area (Å²) >= 11 is 0. The number of rotatable bonds is 10. The maximum Gasteiger partial charge on any atom is 0.393 e. The van der Waals surface area contributed by atoms with Crippen LogP contribution in [0.4, 0.5) is 24.9 Å². The maximum atomic E-state index is 13.1. The standard InChI is InChI=1S/C24H26F3N5O4/c1-32(2)23-29-13-15(11-24(25,26)27)21(31-23)30-17(22(33)34)10-16-9-8-14(12-28-16)20-18(35-3)6-5-7-19(20)36-4/h5-9,12-13,17H,10-11H2,1-4H3,(H,33,34)(H,29,30,31). The van der Waals surface area contributed by atoms with E-state index in [0.29, 0.717) is 28.3 Å². The molecule has 2 heterocycles. The smallest absolute Gasteiger partial charge is 0.393 e. The normalized spacial score (nSPS) is 12.1. The van der Waals surface area contributed by atoms with E-state index in [-0.39, 0.29) is 23.8 Å². The lowest BCUT2D eigenvalue weighted by atomic mass is 10.0. The van der Waals surface area contributed by atoms with E-state index >= 15 is 0 Å². The molecule has 192 valence electrons. The Morgan fingerprint density at radius 3 is 2.25 bits per heavy atom. The Balaban J connectivity index is 1.88. The second-order valence-electron chi connectivity index (χ2n) is 8.05. The number of hydrogen-bond acceptors (Lipinski definition) is 8. The first-order valence-corrected chi connectivity index (χ1v) is 10.8. The Kier molecular flexibility index (Phi) is 8.18. The molecule has 2 aromatic heterocycles. The largest absolute Gasteiger partial charge is 0.496 e. The van der Waals surface area contributed by atoms with Crippen LogP contribution in [0.15, 0.2) is 42.7 Å². The van der Waals surface area contributed by atoms with Crippen molar-refractivity contribution in [3.63, 3.8) is 0 Å². The van der Waals surface area contributed by atoms with E-state index in [1.165, 1.54) is 19.1 Å². The van der Waals surface area contributed by atoms with Crippen molar-refractivity contribution in [2.24, 2.45) is 0 Å². The van der Waals surface area contributed by atoms with Gasteiger partial charge in [0.15, 0.2) is 0 Å². The Hall–Kier alpha value is -4.09. The average Bonchev–Trinajstić information content (AvgIpc) is 2.83. The number of anilines is 2. The summed E-state index contributed by atoms with van der Waals surface area (Å²) in [4.78, 5) is 25.9. The highest BCUT2D eigenvalue weighted by molar-refractivity contribution is 5.78. The van der Waals surface area contributed by atoms with Crippen molar-refractivity contribution in [1.82, 2.24) is 15.0 Å². The first-order chi connectivity index (χ1) is 17.0. The van der Waals surface area contributed by atoms with Gasteiger partial charge in [-0.15, -0.1) is 0 Å². The number of halogens is 3. The molecule has 12 heteroatoms.